The molecule has 1 aromatic carbocycles. The van der Waals surface area contributed by atoms with Crippen molar-refractivity contribution < 1.29 is 19.4 Å². The number of benzene rings is 1. The number of carbonyl (C=O) groups excluding carboxylic acids is 2. The minimum atomic E-state index is -0.997. The summed E-state index contributed by atoms with van der Waals surface area (Å²) < 4.78 is 6.25. The summed E-state index contributed by atoms with van der Waals surface area (Å²) in [4.78, 5) is 30.7. The number of fused-ring (bicyclic) bond motifs is 1. The Morgan fingerprint density at radius 2 is 1.84 bits per heavy atom. The van der Waals surface area contributed by atoms with E-state index >= 15 is 0 Å². The van der Waals surface area contributed by atoms with Crippen molar-refractivity contribution in [2.24, 2.45) is 5.92 Å². The molecule has 1 saturated heterocycles. The number of aryl methyl sites for hydroxylation is 2. The Morgan fingerprint density at radius 3 is 2.51 bits per heavy atom. The Hall–Kier alpha value is -3.26. The van der Waals surface area contributed by atoms with Crippen LogP contribution in [-0.4, -0.2) is 58.6 Å². The van der Waals surface area contributed by atoms with Crippen molar-refractivity contribution in [1.29, 1.82) is 0 Å². The van der Waals surface area contributed by atoms with Gasteiger partial charge in [0.25, 0.3) is 11.8 Å². The molecule has 3 aliphatic rings. The molecular weight excluding hydrogens is 468 g/mol. The van der Waals surface area contributed by atoms with E-state index in [2.05, 4.69) is 46.8 Å². The van der Waals surface area contributed by atoms with Crippen molar-refractivity contribution in [3.05, 3.63) is 58.0 Å². The van der Waals surface area contributed by atoms with Crippen molar-refractivity contribution in [1.82, 2.24) is 20.5 Å². The third-order valence-corrected chi connectivity index (χ3v) is 7.65. The topological polar surface area (TPSA) is 107 Å². The van der Waals surface area contributed by atoms with Crippen molar-refractivity contribution in [2.45, 2.75) is 71.6 Å². The van der Waals surface area contributed by atoms with Crippen LogP contribution < -0.4 is 15.4 Å². The summed E-state index contributed by atoms with van der Waals surface area (Å²) in [6.07, 6.45) is 2.80. The molecule has 0 spiro atoms. The van der Waals surface area contributed by atoms with E-state index in [1.165, 1.54) is 19.8 Å². The third-order valence-electron chi connectivity index (χ3n) is 7.65. The lowest BCUT2D eigenvalue weighted by molar-refractivity contribution is -0.140. The number of carbonyl (C=O) groups is 2. The van der Waals surface area contributed by atoms with Gasteiger partial charge in [0.05, 0.1) is 23.9 Å². The fourth-order valence-electron chi connectivity index (χ4n) is 5.41. The maximum absolute atomic E-state index is 13.5. The van der Waals surface area contributed by atoms with Crippen LogP contribution in [0.3, 0.4) is 0 Å². The summed E-state index contributed by atoms with van der Waals surface area (Å²) in [5.74, 6) is 1.17. The van der Waals surface area contributed by atoms with Crippen molar-refractivity contribution in [3.63, 3.8) is 0 Å². The van der Waals surface area contributed by atoms with Gasteiger partial charge in [0, 0.05) is 41.6 Å². The number of aliphatic hydroxyl groups excluding tert-OH is 1. The monoisotopic (exact) mass is 506 g/mol. The molecule has 8 heteroatoms. The van der Waals surface area contributed by atoms with Crippen LogP contribution in [0.1, 0.15) is 73.7 Å². The standard InChI is InChI=1S/C29H38N4O4/c1-16-5-8-24(37-15-20-6-7-20)22(13-16)26-23-14-17(2)30-27(23)25(18(3)31-26)28(35)32-21-9-11-33(12-10-21)29(36)19(4)34/h5,8,13-14,19-21,26,30-31,34H,6-7,9-12,15H2,1-4H3,(H,32,35)/t19-,26?/m0/s1. The van der Waals surface area contributed by atoms with E-state index in [-0.39, 0.29) is 23.9 Å². The highest BCUT2D eigenvalue weighted by Crippen LogP contribution is 2.40. The van der Waals surface area contributed by atoms with Gasteiger partial charge in [0.2, 0.25) is 0 Å². The Labute approximate surface area is 218 Å². The number of nitrogens with zero attached hydrogens (tertiary/aromatic N) is 1. The number of allylic oxidation sites excluding steroid dienone is 1. The van der Waals surface area contributed by atoms with Crippen molar-refractivity contribution >= 4 is 17.4 Å². The average molecular weight is 507 g/mol. The van der Waals surface area contributed by atoms with Crippen LogP contribution in [0.2, 0.25) is 0 Å². The van der Waals surface area contributed by atoms with Crippen molar-refractivity contribution in [2.75, 3.05) is 19.7 Å². The maximum Gasteiger partial charge on any atom is 0.255 e. The van der Waals surface area contributed by atoms with E-state index in [0.717, 1.165) is 46.1 Å². The van der Waals surface area contributed by atoms with Gasteiger partial charge >= 0.3 is 0 Å². The second-order valence-corrected chi connectivity index (χ2v) is 10.9. The van der Waals surface area contributed by atoms with E-state index in [1.54, 1.807) is 4.90 Å². The molecule has 4 N–H and O–H groups in total. The lowest BCUT2D eigenvalue weighted by Crippen LogP contribution is -2.49. The second kappa shape index (κ2) is 10.2. The largest absolute Gasteiger partial charge is 0.493 e. The van der Waals surface area contributed by atoms with Crippen LogP contribution in [0.15, 0.2) is 30.0 Å². The number of rotatable bonds is 7. The fraction of sp³-hybridized carbons (Fsp3) is 0.517. The molecular formula is C29H38N4O4. The number of hydrogen-bond acceptors (Lipinski definition) is 5. The van der Waals surface area contributed by atoms with Gasteiger partial charge in [-0.3, -0.25) is 9.59 Å². The summed E-state index contributed by atoms with van der Waals surface area (Å²) in [6.45, 7) is 9.33. The smallest absolute Gasteiger partial charge is 0.255 e. The van der Waals surface area contributed by atoms with Crippen molar-refractivity contribution in [3.8, 4) is 5.75 Å². The van der Waals surface area contributed by atoms with Crippen LogP contribution in [0.25, 0.3) is 5.57 Å². The summed E-state index contributed by atoms with van der Waals surface area (Å²) in [5, 5.41) is 16.4. The number of ether oxygens (including phenoxy) is 1. The molecule has 1 unspecified atom stereocenters. The molecule has 37 heavy (non-hydrogen) atoms. The molecule has 5 rings (SSSR count). The van der Waals surface area contributed by atoms with Gasteiger partial charge in [-0.05, 0) is 77.5 Å². The van der Waals surface area contributed by atoms with Crippen LogP contribution in [-0.2, 0) is 9.59 Å². The van der Waals surface area contributed by atoms with Gasteiger partial charge in [-0.15, -0.1) is 0 Å². The summed E-state index contributed by atoms with van der Waals surface area (Å²) in [6, 6.07) is 8.28. The first-order valence-corrected chi connectivity index (χ1v) is 13.4. The Morgan fingerprint density at radius 1 is 1.11 bits per heavy atom. The molecule has 2 aliphatic heterocycles. The molecule has 198 valence electrons. The van der Waals surface area contributed by atoms with E-state index in [4.69, 9.17) is 4.74 Å². The Kier molecular flexibility index (Phi) is 7.03. The number of aliphatic hydroxyl groups is 1. The van der Waals surface area contributed by atoms with Gasteiger partial charge < -0.3 is 30.4 Å². The highest BCUT2D eigenvalue weighted by molar-refractivity contribution is 6.20. The van der Waals surface area contributed by atoms with Gasteiger partial charge in [-0.25, -0.2) is 0 Å². The first-order valence-electron chi connectivity index (χ1n) is 13.4. The van der Waals surface area contributed by atoms with Crippen LogP contribution >= 0.6 is 0 Å². The SMILES string of the molecule is CC1=C(C(=O)NC2CCN(C(=O)[C@H](C)O)CC2)c2[nH]c(C)cc2C(c2cc(C)ccc2OCC2CC2)N1. The number of nitrogens with one attached hydrogen (secondary N) is 3. The normalized spacial score (nSPS) is 20.8. The molecule has 3 heterocycles. The molecule has 1 aromatic heterocycles. The highest BCUT2D eigenvalue weighted by Gasteiger charge is 2.34. The molecule has 2 atom stereocenters. The lowest BCUT2D eigenvalue weighted by Gasteiger charge is -2.34. The summed E-state index contributed by atoms with van der Waals surface area (Å²) >= 11 is 0. The van der Waals surface area contributed by atoms with Gasteiger partial charge in [0.1, 0.15) is 11.9 Å². The predicted octanol–water partition coefficient (Wildman–Crippen LogP) is 3.33. The number of aromatic amines is 1. The zero-order valence-electron chi connectivity index (χ0n) is 22.2. The fourth-order valence-corrected chi connectivity index (χ4v) is 5.41. The minimum absolute atomic E-state index is 0.0257. The molecule has 2 fully saturated rings. The van der Waals surface area contributed by atoms with E-state index in [0.29, 0.717) is 37.4 Å². The number of amides is 2. The molecule has 1 aliphatic carbocycles. The number of aromatic nitrogens is 1. The zero-order valence-corrected chi connectivity index (χ0v) is 22.2. The molecule has 2 amide bonds. The van der Waals surface area contributed by atoms with Gasteiger partial charge in [-0.2, -0.15) is 0 Å². The number of piperidine rings is 1. The number of likely N-dealkylation sites (tertiary alicyclic amines) is 1. The quantitative estimate of drug-likeness (QED) is 0.461. The second-order valence-electron chi connectivity index (χ2n) is 10.9. The molecule has 2 aromatic rings. The predicted molar refractivity (Wildman–Crippen MR) is 142 cm³/mol. The maximum atomic E-state index is 13.5. The van der Waals surface area contributed by atoms with Gasteiger partial charge in [-0.1, -0.05) is 11.6 Å². The number of H-pyrrole nitrogens is 1. The molecule has 1 saturated carbocycles. The van der Waals surface area contributed by atoms with Crippen LogP contribution in [0, 0.1) is 19.8 Å². The Balaban J connectivity index is 1.36. The summed E-state index contributed by atoms with van der Waals surface area (Å²) in [5.41, 5.74) is 6.54. The first-order chi connectivity index (χ1) is 17.7. The minimum Gasteiger partial charge on any atom is -0.493 e. The van der Waals surface area contributed by atoms with E-state index < -0.39 is 6.10 Å². The first kappa shape index (κ1) is 25.4. The van der Waals surface area contributed by atoms with E-state index in [1.807, 2.05) is 13.8 Å². The van der Waals surface area contributed by atoms with Crippen LogP contribution in [0.4, 0.5) is 0 Å². The molecule has 0 radical (unpaired) electrons. The lowest BCUT2D eigenvalue weighted by atomic mass is 9.89. The molecule has 0 bridgehead atoms. The van der Waals surface area contributed by atoms with Crippen LogP contribution in [0.5, 0.6) is 5.75 Å². The molecule has 8 nitrogen and oxygen atoms in total. The van der Waals surface area contributed by atoms with Gasteiger partial charge in [0.15, 0.2) is 0 Å². The zero-order chi connectivity index (χ0) is 26.3. The summed E-state index contributed by atoms with van der Waals surface area (Å²) in [7, 11) is 0. The van der Waals surface area contributed by atoms with E-state index in [9.17, 15) is 14.7 Å². The Bertz CT molecular complexity index is 1220. The highest BCUT2D eigenvalue weighted by atomic mass is 16.5. The average Bonchev–Trinajstić information content (AvgIpc) is 3.61. The third kappa shape index (κ3) is 5.39. The number of hydrogen-bond donors (Lipinski definition) is 4.